The number of nitrogens with two attached hydrogens (primary N) is 1. The molecule has 8 nitrogen and oxygen atoms in total. The molecule has 0 radical (unpaired) electrons. The largest absolute Gasteiger partial charge is 0.397 e. The Morgan fingerprint density at radius 1 is 1.35 bits per heavy atom. The van der Waals surface area contributed by atoms with Crippen LogP contribution in [0.2, 0.25) is 5.15 Å². The number of aromatic nitrogens is 3. The van der Waals surface area contributed by atoms with Crippen LogP contribution >= 0.6 is 11.6 Å². The van der Waals surface area contributed by atoms with Crippen LogP contribution in [0, 0.1) is 0 Å². The van der Waals surface area contributed by atoms with Crippen molar-refractivity contribution in [1.29, 1.82) is 0 Å². The number of hydrogen-bond donors (Lipinski definition) is 4. The highest BCUT2D eigenvalue weighted by atomic mass is 35.5. The van der Waals surface area contributed by atoms with Gasteiger partial charge in [0.15, 0.2) is 11.9 Å². The molecule has 0 saturated carbocycles. The number of aliphatic hydroxyl groups excluding tert-OH is 3. The highest BCUT2D eigenvalue weighted by Gasteiger charge is 2.39. The maximum absolute atomic E-state index is 10.0. The van der Waals surface area contributed by atoms with Crippen LogP contribution in [0.4, 0.5) is 5.69 Å². The van der Waals surface area contributed by atoms with Gasteiger partial charge in [0.1, 0.15) is 29.0 Å². The van der Waals surface area contributed by atoms with Crippen molar-refractivity contribution < 1.29 is 20.1 Å². The molecule has 0 bridgehead atoms. The van der Waals surface area contributed by atoms with Crippen LogP contribution in [-0.4, -0.2) is 54.8 Å². The molecule has 0 unspecified atom stereocenters. The van der Waals surface area contributed by atoms with Crippen molar-refractivity contribution in [2.75, 3.05) is 12.3 Å². The van der Waals surface area contributed by atoms with E-state index in [0.717, 1.165) is 0 Å². The zero-order valence-corrected chi connectivity index (χ0v) is 11.0. The second-order valence-electron chi connectivity index (χ2n) is 4.63. The first-order valence-electron chi connectivity index (χ1n) is 5.93. The Morgan fingerprint density at radius 3 is 2.85 bits per heavy atom. The molecule has 0 aromatic carbocycles. The van der Waals surface area contributed by atoms with Crippen LogP contribution in [0.25, 0.3) is 11.2 Å². The van der Waals surface area contributed by atoms with E-state index >= 15 is 0 Å². The fourth-order valence-electron chi connectivity index (χ4n) is 2.22. The van der Waals surface area contributed by atoms with Crippen LogP contribution in [-0.2, 0) is 4.74 Å². The minimum atomic E-state index is -1.32. The number of ether oxygens (including phenoxy) is 1. The summed E-state index contributed by atoms with van der Waals surface area (Å²) in [5.74, 6) is 0. The molecule has 4 atom stereocenters. The molecule has 1 saturated heterocycles. The third-order valence-electron chi connectivity index (χ3n) is 3.28. The average Bonchev–Trinajstić information content (AvgIpc) is 2.80. The highest BCUT2D eigenvalue weighted by Crippen LogP contribution is 2.29. The molecule has 3 rings (SSSR count). The number of nitrogen functional groups attached to an aromatic ring is 1. The molecular weight excluding hydrogens is 288 g/mol. The quantitative estimate of drug-likeness (QED) is 0.512. The van der Waals surface area contributed by atoms with Crippen molar-refractivity contribution in [2.24, 2.45) is 0 Å². The fraction of sp³-hybridized carbons (Fsp3) is 0.455. The summed E-state index contributed by atoms with van der Waals surface area (Å²) in [6.45, 7) is -0.112. The van der Waals surface area contributed by atoms with Crippen molar-refractivity contribution in [3.8, 4) is 0 Å². The summed E-state index contributed by atoms with van der Waals surface area (Å²) in [4.78, 5) is 8.20. The van der Waals surface area contributed by atoms with Crippen molar-refractivity contribution in [1.82, 2.24) is 14.5 Å². The lowest BCUT2D eigenvalue weighted by Gasteiger charge is -2.35. The molecule has 0 spiro atoms. The van der Waals surface area contributed by atoms with Crippen LogP contribution < -0.4 is 5.73 Å². The summed E-state index contributed by atoms with van der Waals surface area (Å²) in [5.41, 5.74) is 6.90. The molecule has 0 amide bonds. The van der Waals surface area contributed by atoms with E-state index in [0.29, 0.717) is 16.9 Å². The van der Waals surface area contributed by atoms with Crippen LogP contribution in [0.5, 0.6) is 0 Å². The molecule has 1 aliphatic rings. The van der Waals surface area contributed by atoms with Gasteiger partial charge in [0.05, 0.1) is 18.6 Å². The number of rotatable bonds is 1. The number of pyridine rings is 1. The van der Waals surface area contributed by atoms with Gasteiger partial charge >= 0.3 is 0 Å². The molecule has 9 heteroatoms. The molecule has 5 N–H and O–H groups in total. The third kappa shape index (κ3) is 2.02. The smallest absolute Gasteiger partial charge is 0.165 e. The Labute approximate surface area is 118 Å². The maximum Gasteiger partial charge on any atom is 0.165 e. The number of hydrogen-bond acceptors (Lipinski definition) is 7. The minimum absolute atomic E-state index is 0.112. The third-order valence-corrected chi connectivity index (χ3v) is 3.47. The average molecular weight is 301 g/mol. The second kappa shape index (κ2) is 4.83. The Morgan fingerprint density at radius 2 is 2.10 bits per heavy atom. The van der Waals surface area contributed by atoms with Crippen molar-refractivity contribution >= 4 is 28.5 Å². The van der Waals surface area contributed by atoms with Gasteiger partial charge in [-0.1, -0.05) is 11.6 Å². The molecule has 3 heterocycles. The number of imidazole rings is 1. The number of halogens is 1. The number of aliphatic hydroxyl groups is 3. The first-order valence-corrected chi connectivity index (χ1v) is 6.31. The van der Waals surface area contributed by atoms with Crippen molar-refractivity contribution in [2.45, 2.75) is 24.5 Å². The van der Waals surface area contributed by atoms with E-state index in [9.17, 15) is 15.3 Å². The lowest BCUT2D eigenvalue weighted by Crippen LogP contribution is -2.50. The Balaban J connectivity index is 2.06. The van der Waals surface area contributed by atoms with Gasteiger partial charge in [-0.15, -0.1) is 0 Å². The van der Waals surface area contributed by atoms with Gasteiger partial charge in [-0.05, 0) is 0 Å². The Bertz CT molecular complexity index is 649. The summed E-state index contributed by atoms with van der Waals surface area (Å²) >= 11 is 5.86. The van der Waals surface area contributed by atoms with Gasteiger partial charge in [0.25, 0.3) is 0 Å². The predicted octanol–water partition coefficient (Wildman–Crippen LogP) is -0.722. The van der Waals surface area contributed by atoms with Crippen LogP contribution in [0.3, 0.4) is 0 Å². The Hall–Kier alpha value is -1.45. The molecule has 0 aliphatic carbocycles. The maximum atomic E-state index is 10.0. The van der Waals surface area contributed by atoms with E-state index < -0.39 is 24.5 Å². The van der Waals surface area contributed by atoms with Gasteiger partial charge in [-0.2, -0.15) is 0 Å². The molecule has 108 valence electrons. The lowest BCUT2D eigenvalue weighted by atomic mass is 10.0. The topological polar surface area (TPSA) is 127 Å². The first-order chi connectivity index (χ1) is 9.49. The van der Waals surface area contributed by atoms with E-state index in [-0.39, 0.29) is 11.8 Å². The standard InChI is InChI=1S/C11H13ClN4O4/c12-6-1-4(13)7-10(15-6)16(3-14-7)11-9(19)8(18)5(17)2-20-11/h1,3,5,8-9,11,17-19H,2H2,(H2,13,15)/t5-,8-,9-,11-/m1/s1. The van der Waals surface area contributed by atoms with E-state index in [1.165, 1.54) is 17.0 Å². The SMILES string of the molecule is Nc1cc(Cl)nc2c1ncn2[C@@H]1OC[C@@H](O)[C@@H](O)[C@H]1O. The van der Waals surface area contributed by atoms with Gasteiger partial charge in [-0.25, -0.2) is 9.97 Å². The van der Waals surface area contributed by atoms with Gasteiger partial charge in [0.2, 0.25) is 0 Å². The summed E-state index contributed by atoms with van der Waals surface area (Å²) in [6.07, 6.45) is -3.31. The minimum Gasteiger partial charge on any atom is -0.397 e. The number of anilines is 1. The van der Waals surface area contributed by atoms with Crippen molar-refractivity contribution in [3.63, 3.8) is 0 Å². The molecule has 1 aliphatic heterocycles. The Kier molecular flexibility index (Phi) is 3.27. The lowest BCUT2D eigenvalue weighted by molar-refractivity contribution is -0.210. The second-order valence-corrected chi connectivity index (χ2v) is 5.02. The van der Waals surface area contributed by atoms with Gasteiger partial charge in [-0.3, -0.25) is 4.57 Å². The highest BCUT2D eigenvalue weighted by molar-refractivity contribution is 6.30. The van der Waals surface area contributed by atoms with E-state index in [1.807, 2.05) is 0 Å². The molecular formula is C11H13ClN4O4. The van der Waals surface area contributed by atoms with Crippen LogP contribution in [0.1, 0.15) is 6.23 Å². The zero-order valence-electron chi connectivity index (χ0n) is 10.2. The van der Waals surface area contributed by atoms with E-state index in [1.54, 1.807) is 0 Å². The zero-order chi connectivity index (χ0) is 14.4. The number of nitrogens with zero attached hydrogens (tertiary/aromatic N) is 3. The normalized spacial score (nSPS) is 30.8. The molecule has 2 aromatic heterocycles. The summed E-state index contributed by atoms with van der Waals surface area (Å²) < 4.78 is 6.77. The fourth-order valence-corrected chi connectivity index (χ4v) is 2.42. The van der Waals surface area contributed by atoms with Gasteiger partial charge in [0, 0.05) is 6.07 Å². The molecule has 1 fully saturated rings. The predicted molar refractivity (Wildman–Crippen MR) is 70.0 cm³/mol. The molecule has 2 aromatic rings. The monoisotopic (exact) mass is 300 g/mol. The van der Waals surface area contributed by atoms with Crippen LogP contribution in [0.15, 0.2) is 12.4 Å². The summed E-state index contributed by atoms with van der Waals surface area (Å²) in [6, 6.07) is 1.47. The van der Waals surface area contributed by atoms with E-state index in [2.05, 4.69) is 9.97 Å². The number of fused-ring (bicyclic) bond motifs is 1. The van der Waals surface area contributed by atoms with E-state index in [4.69, 9.17) is 22.1 Å². The molecule has 20 heavy (non-hydrogen) atoms. The first kappa shape index (κ1) is 13.5. The summed E-state index contributed by atoms with van der Waals surface area (Å²) in [5, 5.41) is 29.3. The summed E-state index contributed by atoms with van der Waals surface area (Å²) in [7, 11) is 0. The van der Waals surface area contributed by atoms with Gasteiger partial charge < -0.3 is 25.8 Å². The van der Waals surface area contributed by atoms with Crippen molar-refractivity contribution in [3.05, 3.63) is 17.5 Å².